The smallest absolute Gasteiger partial charge is 0.224 e. The van der Waals surface area contributed by atoms with Crippen LogP contribution in [-0.2, 0) is 15.1 Å². The zero-order chi connectivity index (χ0) is 65.2. The largest absolute Gasteiger partial charge is 0.335 e. The lowest BCUT2D eigenvalue weighted by molar-refractivity contribution is -0.117. The van der Waals surface area contributed by atoms with E-state index in [0.29, 0.717) is 80.5 Å². The first-order chi connectivity index (χ1) is 46.3. The van der Waals surface area contributed by atoms with Gasteiger partial charge in [-0.2, -0.15) is 10.2 Å². The molecule has 2 amide bonds. The van der Waals surface area contributed by atoms with Crippen LogP contribution in [0.15, 0.2) is 238 Å². The van der Waals surface area contributed by atoms with Crippen molar-refractivity contribution in [3.63, 3.8) is 0 Å². The van der Waals surface area contributed by atoms with Gasteiger partial charge in [0.25, 0.3) is 0 Å². The maximum Gasteiger partial charge on any atom is 0.224 e. The molecule has 8 aromatic heterocycles. The number of carbonyl (C=O) groups is 2. The SMILES string of the molecule is CC(C)CC(=O)Nc1cncc(-c2ccc3[nH]nc(-c4nc5c(-c6cccc(F)c6)cncc5[nH]4)c3c2)c1.CC(C)CC(=O)Nc1cncc(-c2ccc3c(c2)c(-c2nc4c(-c5cccc(F)c5)cncc4[nH]2)nn3C(c2ccccc2)(c2ccccc2)c2ccccc2)c1. The van der Waals surface area contributed by atoms with Crippen LogP contribution < -0.4 is 10.6 Å². The monoisotopic (exact) mass is 1250 g/mol. The quantitative estimate of drug-likeness (QED) is 0.0577. The number of rotatable bonds is 16. The average molecular weight is 1250 g/mol. The zero-order valence-corrected chi connectivity index (χ0v) is 52.2. The van der Waals surface area contributed by atoms with Gasteiger partial charge in [-0.1, -0.05) is 155 Å². The van der Waals surface area contributed by atoms with E-state index in [2.05, 4.69) is 146 Å². The van der Waals surface area contributed by atoms with E-state index >= 15 is 0 Å². The first-order valence-corrected chi connectivity index (χ1v) is 31.2. The number of carbonyl (C=O) groups excluding carboxylic acids is 2. The Kier molecular flexibility index (Phi) is 16.4. The number of hydrogen-bond donors (Lipinski definition) is 5. The summed E-state index contributed by atoms with van der Waals surface area (Å²) in [5.74, 6) is 0.852. The molecular weight excluding hydrogens is 1190 g/mol. The molecule has 466 valence electrons. The van der Waals surface area contributed by atoms with Crippen molar-refractivity contribution in [3.8, 4) is 67.5 Å². The lowest BCUT2D eigenvalue weighted by Crippen LogP contribution is -2.38. The Morgan fingerprint density at radius 2 is 0.916 bits per heavy atom. The van der Waals surface area contributed by atoms with E-state index in [1.165, 1.54) is 24.3 Å². The fraction of sp³-hybridized carbons (Fsp3) is 0.117. The van der Waals surface area contributed by atoms with E-state index in [1.807, 2.05) is 88.4 Å². The van der Waals surface area contributed by atoms with Crippen LogP contribution in [-0.4, -0.2) is 71.7 Å². The number of imidazole rings is 2. The van der Waals surface area contributed by atoms with Crippen molar-refractivity contribution in [2.75, 3.05) is 10.6 Å². The standard InChI is InChI=1S/C48H38FN7O.C29H24FN7O/c1-31(2)23-44(57)52-39-25-34(27-50-28-39)32-21-22-43-40(26-32)46(47-53-42-30-51-29-41(45(42)54-47)33-13-12-20-38(49)24-33)55-56(43)48(35-14-6-3-7-15-35,36-16-8-4-9-17-36)37-18-10-5-11-19-37;1-16(2)8-26(38)33-21-10-19(12-31-13-21)17-6-7-24-22(11-17)28(37-36-24)29-34-25-15-32-14-23(27(25)35-29)18-4-3-5-20(30)9-18/h3-22,24-31H,23H2,1-2H3,(H,52,57)(H,53,54);3-7,9-16H,8H2,1-2H3,(H,33,38)(H,34,35)(H,36,37). The molecule has 0 atom stereocenters. The van der Waals surface area contributed by atoms with Crippen molar-refractivity contribution in [1.82, 2.24) is 59.8 Å². The van der Waals surface area contributed by atoms with Gasteiger partial charge in [-0.3, -0.25) is 34.6 Å². The third kappa shape index (κ3) is 12.2. The van der Waals surface area contributed by atoms with E-state index in [1.54, 1.807) is 61.7 Å². The van der Waals surface area contributed by atoms with Gasteiger partial charge < -0.3 is 20.6 Å². The average Bonchev–Trinajstić information content (AvgIpc) is 1.62. The van der Waals surface area contributed by atoms with Crippen LogP contribution in [0.3, 0.4) is 0 Å². The predicted molar refractivity (Wildman–Crippen MR) is 370 cm³/mol. The molecule has 0 unspecified atom stereocenters. The number of nitrogens with one attached hydrogen (secondary N) is 5. The summed E-state index contributed by atoms with van der Waals surface area (Å²) in [7, 11) is 0. The molecule has 0 saturated carbocycles. The summed E-state index contributed by atoms with van der Waals surface area (Å²) in [5.41, 5.74) is 15.5. The number of anilines is 2. The second-order valence-corrected chi connectivity index (χ2v) is 24.2. The Morgan fingerprint density at radius 3 is 1.40 bits per heavy atom. The van der Waals surface area contributed by atoms with Crippen molar-refractivity contribution >= 4 is 67.1 Å². The molecule has 16 nitrogen and oxygen atoms in total. The Balaban J connectivity index is 0.000000177. The van der Waals surface area contributed by atoms with Gasteiger partial charge in [-0.15, -0.1) is 0 Å². The van der Waals surface area contributed by atoms with Crippen LogP contribution in [0.1, 0.15) is 57.2 Å². The summed E-state index contributed by atoms with van der Waals surface area (Å²) < 4.78 is 30.5. The van der Waals surface area contributed by atoms with Gasteiger partial charge in [0.2, 0.25) is 11.8 Å². The van der Waals surface area contributed by atoms with Crippen molar-refractivity contribution in [2.45, 2.75) is 46.1 Å². The molecule has 0 spiro atoms. The third-order valence-electron chi connectivity index (χ3n) is 16.5. The molecule has 0 aliphatic rings. The minimum atomic E-state index is -0.912. The van der Waals surface area contributed by atoms with Gasteiger partial charge >= 0.3 is 0 Å². The van der Waals surface area contributed by atoms with Crippen LogP contribution in [0.2, 0.25) is 0 Å². The van der Waals surface area contributed by atoms with Crippen LogP contribution >= 0.6 is 0 Å². The second-order valence-electron chi connectivity index (χ2n) is 24.2. The van der Waals surface area contributed by atoms with Crippen molar-refractivity contribution < 1.29 is 18.4 Å². The van der Waals surface area contributed by atoms with Crippen LogP contribution in [0.5, 0.6) is 0 Å². The lowest BCUT2D eigenvalue weighted by Gasteiger charge is -2.37. The molecule has 5 N–H and O–H groups in total. The number of aromatic amines is 3. The number of H-pyrrole nitrogens is 3. The summed E-state index contributed by atoms with van der Waals surface area (Å²) in [4.78, 5) is 59.4. The molecule has 95 heavy (non-hydrogen) atoms. The molecule has 0 bridgehead atoms. The molecule has 15 rings (SSSR count). The maximum atomic E-state index is 14.5. The maximum absolute atomic E-state index is 14.5. The molecular formula is C77H62F2N14O2. The Hall–Kier alpha value is -12.2. The summed E-state index contributed by atoms with van der Waals surface area (Å²) in [6, 6.07) is 60.2. The van der Waals surface area contributed by atoms with E-state index in [4.69, 9.17) is 15.1 Å². The molecule has 7 aromatic carbocycles. The number of hydrogen-bond acceptors (Lipinski definition) is 10. The number of halogens is 2. The fourth-order valence-corrected chi connectivity index (χ4v) is 12.3. The van der Waals surface area contributed by atoms with Gasteiger partial charge in [0.1, 0.15) is 28.6 Å². The highest BCUT2D eigenvalue weighted by Crippen LogP contribution is 2.45. The molecule has 18 heteroatoms. The number of nitrogens with zero attached hydrogens (tertiary/aromatic N) is 9. The number of fused-ring (bicyclic) bond motifs is 4. The highest BCUT2D eigenvalue weighted by molar-refractivity contribution is 6.01. The van der Waals surface area contributed by atoms with Gasteiger partial charge in [0.05, 0.1) is 69.3 Å². The zero-order valence-electron chi connectivity index (χ0n) is 52.2. The minimum Gasteiger partial charge on any atom is -0.335 e. The van der Waals surface area contributed by atoms with Gasteiger partial charge in [-0.05, 0) is 111 Å². The first kappa shape index (κ1) is 60.4. The van der Waals surface area contributed by atoms with Gasteiger partial charge in [0, 0.05) is 70.7 Å². The number of benzene rings is 7. The van der Waals surface area contributed by atoms with Crippen molar-refractivity contribution in [3.05, 3.63) is 266 Å². The lowest BCUT2D eigenvalue weighted by atomic mass is 9.77. The summed E-state index contributed by atoms with van der Waals surface area (Å²) in [5, 5.41) is 20.8. The Bertz CT molecular complexity index is 5220. The summed E-state index contributed by atoms with van der Waals surface area (Å²) in [6.07, 6.45) is 14.5. The summed E-state index contributed by atoms with van der Waals surface area (Å²) >= 11 is 0. The number of aromatic nitrogens is 12. The highest BCUT2D eigenvalue weighted by Gasteiger charge is 2.41. The van der Waals surface area contributed by atoms with Crippen molar-refractivity contribution in [1.29, 1.82) is 0 Å². The van der Waals surface area contributed by atoms with Crippen LogP contribution in [0.4, 0.5) is 20.2 Å². The molecule has 0 fully saturated rings. The molecule has 0 aliphatic carbocycles. The predicted octanol–water partition coefficient (Wildman–Crippen LogP) is 17.0. The fourth-order valence-electron chi connectivity index (χ4n) is 12.3. The van der Waals surface area contributed by atoms with Crippen molar-refractivity contribution in [2.24, 2.45) is 11.8 Å². The van der Waals surface area contributed by atoms with Crippen LogP contribution in [0.25, 0.3) is 111 Å². The Morgan fingerprint density at radius 1 is 0.453 bits per heavy atom. The minimum absolute atomic E-state index is 0.0384. The number of pyridine rings is 4. The molecule has 15 aromatic rings. The van der Waals surface area contributed by atoms with E-state index < -0.39 is 5.54 Å². The van der Waals surface area contributed by atoms with E-state index in [0.717, 1.165) is 71.8 Å². The third-order valence-corrected chi connectivity index (χ3v) is 16.5. The topological polar surface area (TPSA) is 214 Å². The molecule has 8 heterocycles. The number of amides is 2. The van der Waals surface area contributed by atoms with Crippen LogP contribution in [0, 0.1) is 23.5 Å². The molecule has 0 saturated heterocycles. The van der Waals surface area contributed by atoms with E-state index in [-0.39, 0.29) is 35.3 Å². The molecule has 0 aliphatic heterocycles. The van der Waals surface area contributed by atoms with Gasteiger partial charge in [0.15, 0.2) is 11.6 Å². The molecule has 0 radical (unpaired) electrons. The normalized spacial score (nSPS) is 11.6. The van der Waals surface area contributed by atoms with Gasteiger partial charge in [-0.25, -0.2) is 23.4 Å². The second kappa shape index (κ2) is 25.8. The van der Waals surface area contributed by atoms with E-state index in [9.17, 15) is 18.4 Å². The first-order valence-electron chi connectivity index (χ1n) is 31.2. The highest BCUT2D eigenvalue weighted by atomic mass is 19.1. The summed E-state index contributed by atoms with van der Waals surface area (Å²) in [6.45, 7) is 8.05. The Labute approximate surface area is 544 Å².